The van der Waals surface area contributed by atoms with Crippen LogP contribution in [0, 0.1) is 0 Å². The zero-order valence-corrected chi connectivity index (χ0v) is 13.7. The summed E-state index contributed by atoms with van der Waals surface area (Å²) in [6, 6.07) is 9.88. The third kappa shape index (κ3) is 3.19. The van der Waals surface area contributed by atoms with Crippen LogP contribution in [0.3, 0.4) is 0 Å². The Labute approximate surface area is 151 Å². The summed E-state index contributed by atoms with van der Waals surface area (Å²) in [5.41, 5.74) is 0.724. The molecule has 0 radical (unpaired) electrons. The van der Waals surface area contributed by atoms with Crippen LogP contribution in [0.1, 0.15) is 23.2 Å². The van der Waals surface area contributed by atoms with Gasteiger partial charge in [0.25, 0.3) is 5.91 Å². The van der Waals surface area contributed by atoms with Gasteiger partial charge in [-0.25, -0.2) is 0 Å². The molecule has 2 aromatic carbocycles. The lowest BCUT2D eigenvalue weighted by atomic mass is 10.1. The predicted octanol–water partition coefficient (Wildman–Crippen LogP) is 2.91. The molecule has 0 unspecified atom stereocenters. The molecule has 0 aromatic heterocycles. The van der Waals surface area contributed by atoms with Crippen molar-refractivity contribution in [2.24, 2.45) is 0 Å². The fourth-order valence-corrected chi connectivity index (χ4v) is 2.88. The summed E-state index contributed by atoms with van der Waals surface area (Å²) in [7, 11) is 0. The van der Waals surface area contributed by atoms with Crippen molar-refractivity contribution in [1.29, 1.82) is 0 Å². The van der Waals surface area contributed by atoms with Crippen LogP contribution >= 0.6 is 0 Å². The van der Waals surface area contributed by atoms with Gasteiger partial charge in [0.2, 0.25) is 11.8 Å². The first-order valence-corrected chi connectivity index (χ1v) is 7.99. The highest BCUT2D eigenvalue weighted by atomic mass is 19.3. The SMILES string of the molecule is O=C(Nc1ccc2c(c1)OC(F)(F)O2)c1cccc(N2C(=O)CCC2=O)c1. The Balaban J connectivity index is 1.54. The Hall–Kier alpha value is -3.49. The molecule has 3 amide bonds. The zero-order chi connectivity index (χ0) is 19.2. The minimum atomic E-state index is -3.74. The molecule has 7 nitrogen and oxygen atoms in total. The average molecular weight is 374 g/mol. The van der Waals surface area contributed by atoms with Crippen LogP contribution in [0.5, 0.6) is 11.5 Å². The molecule has 138 valence electrons. The molecule has 0 bridgehead atoms. The topological polar surface area (TPSA) is 84.9 Å². The molecule has 2 aromatic rings. The van der Waals surface area contributed by atoms with Crippen molar-refractivity contribution in [3.63, 3.8) is 0 Å². The van der Waals surface area contributed by atoms with Crippen LogP contribution in [0.2, 0.25) is 0 Å². The van der Waals surface area contributed by atoms with Crippen LogP contribution in [0.25, 0.3) is 0 Å². The Morgan fingerprint density at radius 1 is 1.00 bits per heavy atom. The maximum atomic E-state index is 13.1. The molecule has 0 atom stereocenters. The molecule has 4 rings (SSSR count). The quantitative estimate of drug-likeness (QED) is 0.835. The Morgan fingerprint density at radius 2 is 1.70 bits per heavy atom. The number of imide groups is 1. The summed E-state index contributed by atoms with van der Waals surface area (Å²) >= 11 is 0. The van der Waals surface area contributed by atoms with Gasteiger partial charge in [0.15, 0.2) is 11.5 Å². The fourth-order valence-electron chi connectivity index (χ4n) is 2.88. The number of anilines is 2. The van der Waals surface area contributed by atoms with E-state index in [0.717, 1.165) is 4.90 Å². The third-order valence-corrected chi connectivity index (χ3v) is 4.08. The van der Waals surface area contributed by atoms with E-state index < -0.39 is 12.2 Å². The molecular weight excluding hydrogens is 362 g/mol. The first kappa shape index (κ1) is 17.0. The molecule has 2 heterocycles. The number of nitrogens with one attached hydrogen (secondary N) is 1. The van der Waals surface area contributed by atoms with Crippen molar-refractivity contribution >= 4 is 29.1 Å². The van der Waals surface area contributed by atoms with Gasteiger partial charge in [-0.3, -0.25) is 19.3 Å². The molecule has 0 saturated carbocycles. The first-order chi connectivity index (χ1) is 12.8. The van der Waals surface area contributed by atoms with Crippen LogP contribution in [0.4, 0.5) is 20.2 Å². The molecule has 27 heavy (non-hydrogen) atoms. The Bertz CT molecular complexity index is 960. The lowest BCUT2D eigenvalue weighted by molar-refractivity contribution is -0.286. The van der Waals surface area contributed by atoms with Gasteiger partial charge in [-0.1, -0.05) is 6.07 Å². The van der Waals surface area contributed by atoms with E-state index in [0.29, 0.717) is 5.69 Å². The Morgan fingerprint density at radius 3 is 2.44 bits per heavy atom. The van der Waals surface area contributed by atoms with Gasteiger partial charge in [-0.05, 0) is 30.3 Å². The molecule has 1 saturated heterocycles. The van der Waals surface area contributed by atoms with Gasteiger partial charge in [0.1, 0.15) is 0 Å². The number of carbonyl (C=O) groups excluding carboxylic acids is 3. The van der Waals surface area contributed by atoms with Crippen LogP contribution in [0.15, 0.2) is 42.5 Å². The average Bonchev–Trinajstić information content (AvgIpc) is 3.11. The molecule has 2 aliphatic heterocycles. The number of ether oxygens (including phenoxy) is 2. The van der Waals surface area contributed by atoms with E-state index in [1.165, 1.54) is 30.3 Å². The minimum absolute atomic E-state index is 0.133. The smallest absolute Gasteiger partial charge is 0.395 e. The van der Waals surface area contributed by atoms with Crippen LogP contribution in [-0.2, 0) is 9.59 Å². The standard InChI is InChI=1S/C18H12F2N2O5/c19-18(20)26-13-5-4-11(9-14(13)27-18)21-17(25)10-2-1-3-12(8-10)22-15(23)6-7-16(22)24/h1-5,8-9H,6-7H2,(H,21,25). The van der Waals surface area contributed by atoms with Gasteiger partial charge in [0.05, 0.1) is 5.69 Å². The van der Waals surface area contributed by atoms with Gasteiger partial charge in [-0.2, -0.15) is 0 Å². The van der Waals surface area contributed by atoms with Crippen LogP contribution < -0.4 is 19.7 Å². The van der Waals surface area contributed by atoms with E-state index >= 15 is 0 Å². The predicted molar refractivity (Wildman–Crippen MR) is 88.8 cm³/mol. The second-order valence-corrected chi connectivity index (χ2v) is 5.96. The van der Waals surface area contributed by atoms with Crippen molar-refractivity contribution in [2.75, 3.05) is 10.2 Å². The van der Waals surface area contributed by atoms with Crippen molar-refractivity contribution in [2.45, 2.75) is 19.1 Å². The van der Waals surface area contributed by atoms with Crippen molar-refractivity contribution < 1.29 is 32.6 Å². The highest BCUT2D eigenvalue weighted by molar-refractivity contribution is 6.20. The number of hydrogen-bond acceptors (Lipinski definition) is 5. The van der Waals surface area contributed by atoms with Crippen molar-refractivity contribution in [1.82, 2.24) is 0 Å². The number of hydrogen-bond donors (Lipinski definition) is 1. The fraction of sp³-hybridized carbons (Fsp3) is 0.167. The number of fused-ring (bicyclic) bond motifs is 1. The molecule has 0 aliphatic carbocycles. The number of benzene rings is 2. The molecule has 1 N–H and O–H groups in total. The molecule has 2 aliphatic rings. The third-order valence-electron chi connectivity index (χ3n) is 4.08. The van der Waals surface area contributed by atoms with E-state index in [2.05, 4.69) is 14.8 Å². The van der Waals surface area contributed by atoms with Gasteiger partial charge in [0, 0.05) is 30.2 Å². The van der Waals surface area contributed by atoms with Crippen molar-refractivity contribution in [3.05, 3.63) is 48.0 Å². The maximum Gasteiger partial charge on any atom is 0.586 e. The second-order valence-electron chi connectivity index (χ2n) is 5.96. The van der Waals surface area contributed by atoms with Crippen molar-refractivity contribution in [3.8, 4) is 11.5 Å². The number of carbonyl (C=O) groups is 3. The Kier molecular flexibility index (Phi) is 3.79. The van der Waals surface area contributed by atoms with E-state index in [4.69, 9.17) is 0 Å². The summed E-state index contributed by atoms with van der Waals surface area (Å²) in [6.07, 6.45) is -3.47. The number of nitrogens with zero attached hydrogens (tertiary/aromatic N) is 1. The summed E-state index contributed by atoms with van der Waals surface area (Å²) in [5, 5.41) is 2.55. The number of rotatable bonds is 3. The normalized spacial score (nSPS) is 17.3. The summed E-state index contributed by atoms with van der Waals surface area (Å²) in [6.45, 7) is 0. The summed E-state index contributed by atoms with van der Waals surface area (Å²) < 4.78 is 34.8. The maximum absolute atomic E-state index is 13.1. The minimum Gasteiger partial charge on any atom is -0.395 e. The van der Waals surface area contributed by atoms with Crippen LogP contribution in [-0.4, -0.2) is 24.0 Å². The lowest BCUT2D eigenvalue weighted by Gasteiger charge is -2.15. The van der Waals surface area contributed by atoms with Gasteiger partial charge >= 0.3 is 6.29 Å². The van der Waals surface area contributed by atoms with E-state index in [-0.39, 0.29) is 47.4 Å². The number of alkyl halides is 2. The highest BCUT2D eigenvalue weighted by Crippen LogP contribution is 2.42. The van der Waals surface area contributed by atoms with Gasteiger partial charge in [-0.15, -0.1) is 8.78 Å². The zero-order valence-electron chi connectivity index (χ0n) is 13.7. The lowest BCUT2D eigenvalue weighted by Crippen LogP contribution is -2.28. The second kappa shape index (κ2) is 6.04. The number of amides is 3. The van der Waals surface area contributed by atoms with E-state index in [1.54, 1.807) is 12.1 Å². The monoisotopic (exact) mass is 374 g/mol. The van der Waals surface area contributed by atoms with Gasteiger partial charge < -0.3 is 14.8 Å². The highest BCUT2D eigenvalue weighted by Gasteiger charge is 2.43. The molecule has 9 heteroatoms. The summed E-state index contributed by atoms with van der Waals surface area (Å²) in [4.78, 5) is 37.2. The van der Waals surface area contributed by atoms with E-state index in [1.807, 2.05) is 0 Å². The molecule has 1 fully saturated rings. The molecular formula is C18H12F2N2O5. The number of halogens is 2. The van der Waals surface area contributed by atoms with E-state index in [9.17, 15) is 23.2 Å². The molecule has 0 spiro atoms. The first-order valence-electron chi connectivity index (χ1n) is 7.99. The largest absolute Gasteiger partial charge is 0.586 e. The summed E-state index contributed by atoms with van der Waals surface area (Å²) in [5.74, 6) is -1.52.